The van der Waals surface area contributed by atoms with E-state index in [2.05, 4.69) is 27.1 Å². The summed E-state index contributed by atoms with van der Waals surface area (Å²) in [6, 6.07) is 8.04. The first-order valence-electron chi connectivity index (χ1n) is 10.1. The van der Waals surface area contributed by atoms with E-state index in [1.165, 1.54) is 10.4 Å². The average Bonchev–Trinajstić information content (AvgIpc) is 3.25. The van der Waals surface area contributed by atoms with Crippen LogP contribution in [-0.2, 0) is 24.2 Å². The number of hydrogen-bond donors (Lipinski definition) is 2. The first-order valence-corrected chi connectivity index (χ1v) is 11.0. The van der Waals surface area contributed by atoms with Crippen molar-refractivity contribution in [2.45, 2.75) is 25.8 Å². The highest BCUT2D eigenvalue weighted by molar-refractivity contribution is 7.10. The maximum atomic E-state index is 12.5. The van der Waals surface area contributed by atoms with Crippen LogP contribution in [0.4, 0.5) is 0 Å². The number of rotatable bonds is 8. The fraction of sp³-hybridized carbons (Fsp3) is 0.455. The molecule has 0 atom stereocenters. The molecule has 0 unspecified atom stereocenters. The molecule has 2 N–H and O–H groups in total. The summed E-state index contributed by atoms with van der Waals surface area (Å²) in [5.41, 5.74) is 2.43. The molecule has 1 aromatic carbocycles. The maximum Gasteiger partial charge on any atom is 0.224 e. The Balaban J connectivity index is 1.38. The van der Waals surface area contributed by atoms with Gasteiger partial charge in [0, 0.05) is 44.5 Å². The molecule has 1 aliphatic heterocycles. The summed E-state index contributed by atoms with van der Waals surface area (Å²) in [6.45, 7) is 2.82. The average molecular weight is 431 g/mol. The molecule has 1 amide bonds. The number of methoxy groups -OCH3 is 2. The molecule has 30 heavy (non-hydrogen) atoms. The van der Waals surface area contributed by atoms with E-state index < -0.39 is 0 Å². The predicted molar refractivity (Wildman–Crippen MR) is 121 cm³/mol. The highest BCUT2D eigenvalue weighted by Crippen LogP contribution is 2.27. The van der Waals surface area contributed by atoms with Crippen LogP contribution in [0.1, 0.15) is 22.4 Å². The van der Waals surface area contributed by atoms with Crippen LogP contribution in [0.25, 0.3) is 0 Å². The van der Waals surface area contributed by atoms with Gasteiger partial charge < -0.3 is 25.0 Å². The summed E-state index contributed by atoms with van der Waals surface area (Å²) in [5, 5.41) is 8.63. The van der Waals surface area contributed by atoms with Crippen molar-refractivity contribution in [3.8, 4) is 11.5 Å². The molecule has 0 fully saturated rings. The van der Waals surface area contributed by atoms with E-state index in [1.54, 1.807) is 32.6 Å². The number of aliphatic imine (C=N–C) groups is 1. The second-order valence-electron chi connectivity index (χ2n) is 7.05. The standard InChI is InChI=1S/C22H30N4O3S/c1-23-22(24-10-6-16-4-5-18(28-2)19(14-16)29-3)25-11-7-21(27)26-12-8-20-17(15-26)9-13-30-20/h4-5,9,13-14H,6-8,10-12,15H2,1-3H3,(H2,23,24,25). The van der Waals surface area contributed by atoms with E-state index in [0.29, 0.717) is 18.9 Å². The van der Waals surface area contributed by atoms with Gasteiger partial charge in [0.1, 0.15) is 0 Å². The number of fused-ring (bicyclic) bond motifs is 1. The Morgan fingerprint density at radius 2 is 1.97 bits per heavy atom. The van der Waals surface area contributed by atoms with Gasteiger partial charge in [-0.3, -0.25) is 9.79 Å². The van der Waals surface area contributed by atoms with Gasteiger partial charge in [0.15, 0.2) is 17.5 Å². The monoisotopic (exact) mass is 430 g/mol. The second kappa shape index (κ2) is 10.9. The van der Waals surface area contributed by atoms with Gasteiger partial charge in [0.2, 0.25) is 5.91 Å². The summed E-state index contributed by atoms with van der Waals surface area (Å²) in [5.74, 6) is 2.32. The highest BCUT2D eigenvalue weighted by atomic mass is 32.1. The van der Waals surface area contributed by atoms with Crippen molar-refractivity contribution in [1.82, 2.24) is 15.5 Å². The Kier molecular flexibility index (Phi) is 7.96. The lowest BCUT2D eigenvalue weighted by Gasteiger charge is -2.27. The molecule has 2 heterocycles. The van der Waals surface area contributed by atoms with Crippen molar-refractivity contribution in [2.24, 2.45) is 4.99 Å². The third-order valence-electron chi connectivity index (χ3n) is 5.17. The zero-order valence-corrected chi connectivity index (χ0v) is 18.7. The van der Waals surface area contributed by atoms with Crippen molar-refractivity contribution in [2.75, 3.05) is 40.9 Å². The minimum atomic E-state index is 0.181. The summed E-state index contributed by atoms with van der Waals surface area (Å²) < 4.78 is 10.6. The lowest BCUT2D eigenvalue weighted by Crippen LogP contribution is -2.41. The van der Waals surface area contributed by atoms with E-state index in [9.17, 15) is 4.79 Å². The molecule has 0 saturated carbocycles. The number of benzene rings is 1. The fourth-order valence-electron chi connectivity index (χ4n) is 3.49. The molecule has 0 aliphatic carbocycles. The zero-order valence-electron chi connectivity index (χ0n) is 17.9. The van der Waals surface area contributed by atoms with Crippen molar-refractivity contribution in [3.63, 3.8) is 0 Å². The second-order valence-corrected chi connectivity index (χ2v) is 8.05. The number of nitrogens with one attached hydrogen (secondary N) is 2. The fourth-order valence-corrected chi connectivity index (χ4v) is 4.38. The van der Waals surface area contributed by atoms with Gasteiger partial charge in [-0.1, -0.05) is 6.07 Å². The number of ether oxygens (including phenoxy) is 2. The smallest absolute Gasteiger partial charge is 0.224 e. The molecule has 162 valence electrons. The number of nitrogens with zero attached hydrogens (tertiary/aromatic N) is 2. The van der Waals surface area contributed by atoms with E-state index >= 15 is 0 Å². The first kappa shape index (κ1) is 22.0. The van der Waals surface area contributed by atoms with E-state index in [1.807, 2.05) is 23.1 Å². The van der Waals surface area contributed by atoms with Crippen LogP contribution >= 0.6 is 11.3 Å². The number of guanidine groups is 1. The first-order chi connectivity index (χ1) is 14.6. The quantitative estimate of drug-likeness (QED) is 0.497. The molecule has 0 spiro atoms. The molecular formula is C22H30N4O3S. The topological polar surface area (TPSA) is 75.2 Å². The predicted octanol–water partition coefficient (Wildman–Crippen LogP) is 2.45. The molecule has 2 aromatic rings. The van der Waals surface area contributed by atoms with Gasteiger partial charge in [-0.05, 0) is 47.5 Å². The molecule has 1 aromatic heterocycles. The minimum Gasteiger partial charge on any atom is -0.493 e. The van der Waals surface area contributed by atoms with Gasteiger partial charge in [0.25, 0.3) is 0 Å². The molecule has 7 nitrogen and oxygen atoms in total. The summed E-state index contributed by atoms with van der Waals surface area (Å²) in [7, 11) is 5.00. The number of carbonyl (C=O) groups is 1. The highest BCUT2D eigenvalue weighted by Gasteiger charge is 2.21. The van der Waals surface area contributed by atoms with Gasteiger partial charge in [-0.15, -0.1) is 11.3 Å². The normalized spacial score (nSPS) is 13.6. The Morgan fingerprint density at radius 3 is 2.73 bits per heavy atom. The van der Waals surface area contributed by atoms with Crippen LogP contribution in [0.15, 0.2) is 34.6 Å². The summed E-state index contributed by atoms with van der Waals surface area (Å²) in [6.07, 6.45) is 2.23. The SMILES string of the molecule is CN=C(NCCC(=O)N1CCc2sccc2C1)NCCc1ccc(OC)c(OC)c1. The Bertz CT molecular complexity index is 881. The molecule has 0 radical (unpaired) electrons. The largest absolute Gasteiger partial charge is 0.493 e. The van der Waals surface area contributed by atoms with Crippen LogP contribution in [0.2, 0.25) is 0 Å². The van der Waals surface area contributed by atoms with Crippen molar-refractivity contribution in [3.05, 3.63) is 45.6 Å². The van der Waals surface area contributed by atoms with Crippen molar-refractivity contribution >= 4 is 23.2 Å². The van der Waals surface area contributed by atoms with Crippen LogP contribution in [0.3, 0.4) is 0 Å². The molecule has 1 aliphatic rings. The molecule has 8 heteroatoms. The number of carbonyl (C=O) groups excluding carboxylic acids is 1. The van der Waals surface area contributed by atoms with Crippen LogP contribution in [0, 0.1) is 0 Å². The molecule has 0 saturated heterocycles. The third kappa shape index (κ3) is 5.66. The number of thiophene rings is 1. The van der Waals surface area contributed by atoms with Gasteiger partial charge in [-0.2, -0.15) is 0 Å². The Morgan fingerprint density at radius 1 is 1.17 bits per heavy atom. The van der Waals surface area contributed by atoms with Crippen molar-refractivity contribution in [1.29, 1.82) is 0 Å². The Hall–Kier alpha value is -2.74. The number of hydrogen-bond acceptors (Lipinski definition) is 5. The van der Waals surface area contributed by atoms with Crippen LogP contribution in [-0.4, -0.2) is 57.7 Å². The lowest BCUT2D eigenvalue weighted by atomic mass is 10.1. The van der Waals surface area contributed by atoms with Gasteiger partial charge in [-0.25, -0.2) is 0 Å². The van der Waals surface area contributed by atoms with E-state index in [-0.39, 0.29) is 5.91 Å². The van der Waals surface area contributed by atoms with Crippen LogP contribution in [0.5, 0.6) is 11.5 Å². The number of amides is 1. The third-order valence-corrected chi connectivity index (χ3v) is 6.19. The van der Waals surface area contributed by atoms with Gasteiger partial charge in [0.05, 0.1) is 14.2 Å². The minimum absolute atomic E-state index is 0.181. The summed E-state index contributed by atoms with van der Waals surface area (Å²) >= 11 is 1.79. The molecule has 0 bridgehead atoms. The summed E-state index contributed by atoms with van der Waals surface area (Å²) in [4.78, 5) is 20.1. The molecule has 3 rings (SSSR count). The van der Waals surface area contributed by atoms with E-state index in [4.69, 9.17) is 9.47 Å². The maximum absolute atomic E-state index is 12.5. The lowest BCUT2D eigenvalue weighted by molar-refractivity contribution is -0.131. The Labute approximate surface area is 182 Å². The van der Waals surface area contributed by atoms with E-state index in [0.717, 1.165) is 49.5 Å². The van der Waals surface area contributed by atoms with Gasteiger partial charge >= 0.3 is 0 Å². The van der Waals surface area contributed by atoms with Crippen molar-refractivity contribution < 1.29 is 14.3 Å². The zero-order chi connectivity index (χ0) is 21.3. The molecular weight excluding hydrogens is 400 g/mol. The van der Waals surface area contributed by atoms with Crippen LogP contribution < -0.4 is 20.1 Å².